The number of halogens is 3. The maximum Gasteiger partial charge on any atom is 0.410 e. The fourth-order valence-corrected chi connectivity index (χ4v) is 4.06. The zero-order chi connectivity index (χ0) is 21.8. The summed E-state index contributed by atoms with van der Waals surface area (Å²) in [7, 11) is 0. The number of aromatic nitrogens is 2. The van der Waals surface area contributed by atoms with E-state index in [-0.39, 0.29) is 17.8 Å². The van der Waals surface area contributed by atoms with Crippen LogP contribution in [0.4, 0.5) is 19.0 Å². The standard InChI is InChI=1S/C21H26F3N5O2/c22-21(23,24)18-13-17(15-5-2-1-3-6-15)27-19-16(14-26-29(18)19)20(30)25-7-4-8-28-9-11-31-12-10-28/h1-3,5-6,14,17-18,27H,4,7-13H2,(H,25,30)/t17-,18-/m1/s1. The summed E-state index contributed by atoms with van der Waals surface area (Å²) in [6.07, 6.45) is -2.70. The number of morpholine rings is 1. The first-order chi connectivity index (χ1) is 14.9. The van der Waals surface area contributed by atoms with Crippen LogP contribution in [0, 0.1) is 0 Å². The van der Waals surface area contributed by atoms with Crippen LogP contribution in [0.3, 0.4) is 0 Å². The molecule has 2 N–H and O–H groups in total. The second-order valence-corrected chi connectivity index (χ2v) is 7.82. The third-order valence-electron chi connectivity index (χ3n) is 5.73. The smallest absolute Gasteiger partial charge is 0.379 e. The average molecular weight is 437 g/mol. The summed E-state index contributed by atoms with van der Waals surface area (Å²) in [4.78, 5) is 15.0. The van der Waals surface area contributed by atoms with Crippen molar-refractivity contribution in [1.82, 2.24) is 20.0 Å². The van der Waals surface area contributed by atoms with Crippen molar-refractivity contribution in [3.05, 3.63) is 47.7 Å². The monoisotopic (exact) mass is 437 g/mol. The molecular formula is C21H26F3N5O2. The summed E-state index contributed by atoms with van der Waals surface area (Å²) in [5.74, 6) is -0.321. The molecule has 3 heterocycles. The molecule has 0 aliphatic carbocycles. The molecule has 0 spiro atoms. The van der Waals surface area contributed by atoms with Crippen LogP contribution in [0.5, 0.6) is 0 Å². The lowest BCUT2D eigenvalue weighted by Gasteiger charge is -2.34. The van der Waals surface area contributed by atoms with E-state index in [0.717, 1.165) is 36.3 Å². The van der Waals surface area contributed by atoms with Crippen molar-refractivity contribution in [2.24, 2.45) is 0 Å². The lowest BCUT2D eigenvalue weighted by molar-refractivity contribution is -0.173. The molecule has 0 bridgehead atoms. The van der Waals surface area contributed by atoms with Crippen molar-refractivity contribution in [1.29, 1.82) is 0 Å². The summed E-state index contributed by atoms with van der Waals surface area (Å²) in [6.45, 7) is 4.43. The maximum absolute atomic E-state index is 13.7. The largest absolute Gasteiger partial charge is 0.410 e. The molecule has 1 aromatic heterocycles. The van der Waals surface area contributed by atoms with Crippen molar-refractivity contribution in [3.63, 3.8) is 0 Å². The van der Waals surface area contributed by atoms with Crippen LogP contribution in [0.15, 0.2) is 36.5 Å². The van der Waals surface area contributed by atoms with Gasteiger partial charge >= 0.3 is 6.18 Å². The van der Waals surface area contributed by atoms with Gasteiger partial charge in [-0.2, -0.15) is 18.3 Å². The molecule has 2 aliphatic rings. The Balaban J connectivity index is 1.45. The zero-order valence-electron chi connectivity index (χ0n) is 17.1. The van der Waals surface area contributed by atoms with Crippen LogP contribution in [-0.4, -0.2) is 66.2 Å². The van der Waals surface area contributed by atoms with E-state index in [2.05, 4.69) is 20.6 Å². The number of amides is 1. The van der Waals surface area contributed by atoms with E-state index in [1.807, 2.05) is 6.07 Å². The van der Waals surface area contributed by atoms with Crippen molar-refractivity contribution >= 4 is 11.7 Å². The molecule has 7 nitrogen and oxygen atoms in total. The second-order valence-electron chi connectivity index (χ2n) is 7.82. The number of anilines is 1. The highest BCUT2D eigenvalue weighted by Crippen LogP contribution is 2.44. The summed E-state index contributed by atoms with van der Waals surface area (Å²) >= 11 is 0. The van der Waals surface area contributed by atoms with Gasteiger partial charge in [0.2, 0.25) is 0 Å². The SMILES string of the molecule is O=C(NCCCN1CCOCC1)c1cnn2c1N[C@@H](c1ccccc1)C[C@@H]2C(F)(F)F. The van der Waals surface area contributed by atoms with E-state index in [1.165, 1.54) is 6.20 Å². The number of benzene rings is 1. The zero-order valence-corrected chi connectivity index (χ0v) is 17.1. The first kappa shape index (κ1) is 21.6. The van der Waals surface area contributed by atoms with Gasteiger partial charge in [-0.1, -0.05) is 30.3 Å². The number of carbonyl (C=O) groups excluding carboxylic acids is 1. The first-order valence-electron chi connectivity index (χ1n) is 10.5. The Morgan fingerprint density at radius 1 is 1.23 bits per heavy atom. The van der Waals surface area contributed by atoms with Crippen molar-refractivity contribution in [2.45, 2.75) is 31.1 Å². The van der Waals surface area contributed by atoms with Crippen LogP contribution >= 0.6 is 0 Å². The summed E-state index contributed by atoms with van der Waals surface area (Å²) in [5.41, 5.74) is 0.863. The number of rotatable bonds is 6. The van der Waals surface area contributed by atoms with E-state index < -0.39 is 24.2 Å². The van der Waals surface area contributed by atoms with Gasteiger partial charge in [0.1, 0.15) is 11.4 Å². The number of nitrogens with one attached hydrogen (secondary N) is 2. The van der Waals surface area contributed by atoms with Gasteiger partial charge in [0.15, 0.2) is 6.04 Å². The van der Waals surface area contributed by atoms with E-state index in [0.29, 0.717) is 19.8 Å². The molecule has 2 aromatic rings. The molecule has 168 valence electrons. The Hall–Kier alpha value is -2.59. The molecule has 2 atom stereocenters. The summed E-state index contributed by atoms with van der Waals surface area (Å²) in [5, 5.41) is 9.82. The first-order valence-corrected chi connectivity index (χ1v) is 10.5. The fraction of sp³-hybridized carbons (Fsp3) is 0.524. The Kier molecular flexibility index (Phi) is 6.47. The number of carbonyl (C=O) groups is 1. The number of ether oxygens (including phenoxy) is 1. The fourth-order valence-electron chi connectivity index (χ4n) is 4.06. The molecule has 10 heteroatoms. The van der Waals surface area contributed by atoms with Gasteiger partial charge in [-0.25, -0.2) is 4.68 Å². The molecule has 2 aliphatic heterocycles. The third-order valence-corrected chi connectivity index (χ3v) is 5.73. The summed E-state index contributed by atoms with van der Waals surface area (Å²) in [6, 6.07) is 6.58. The van der Waals surface area contributed by atoms with E-state index in [9.17, 15) is 18.0 Å². The lowest BCUT2D eigenvalue weighted by atomic mass is 9.96. The van der Waals surface area contributed by atoms with Crippen LogP contribution in [0.25, 0.3) is 0 Å². The maximum atomic E-state index is 13.7. The van der Waals surface area contributed by atoms with Gasteiger partial charge in [0.05, 0.1) is 25.5 Å². The van der Waals surface area contributed by atoms with Gasteiger partial charge in [-0.05, 0) is 18.5 Å². The van der Waals surface area contributed by atoms with Crippen molar-refractivity contribution in [3.8, 4) is 0 Å². The van der Waals surface area contributed by atoms with Crippen LogP contribution < -0.4 is 10.6 Å². The minimum absolute atomic E-state index is 0.105. The van der Waals surface area contributed by atoms with Crippen molar-refractivity contribution < 1.29 is 22.7 Å². The highest BCUT2D eigenvalue weighted by atomic mass is 19.4. The van der Waals surface area contributed by atoms with E-state index >= 15 is 0 Å². The number of hydrogen-bond donors (Lipinski definition) is 2. The normalized spacial score (nSPS) is 21.9. The topological polar surface area (TPSA) is 71.4 Å². The number of nitrogens with zero attached hydrogens (tertiary/aromatic N) is 3. The van der Waals surface area contributed by atoms with E-state index in [4.69, 9.17) is 4.74 Å². The lowest BCUT2D eigenvalue weighted by Crippen LogP contribution is -2.38. The Bertz CT molecular complexity index is 881. The average Bonchev–Trinajstić information content (AvgIpc) is 3.20. The Morgan fingerprint density at radius 3 is 2.68 bits per heavy atom. The minimum atomic E-state index is -4.47. The number of alkyl halides is 3. The van der Waals surface area contributed by atoms with Gasteiger partial charge in [-0.3, -0.25) is 9.69 Å². The molecule has 1 aromatic carbocycles. The molecule has 1 fully saturated rings. The Morgan fingerprint density at radius 2 is 1.97 bits per heavy atom. The molecule has 0 unspecified atom stereocenters. The molecule has 0 saturated carbocycles. The third kappa shape index (κ3) is 5.01. The molecule has 4 rings (SSSR count). The van der Waals surface area contributed by atoms with Gasteiger partial charge < -0.3 is 15.4 Å². The van der Waals surface area contributed by atoms with Crippen LogP contribution in [0.2, 0.25) is 0 Å². The highest BCUT2D eigenvalue weighted by Gasteiger charge is 2.47. The second kappa shape index (κ2) is 9.27. The number of hydrogen-bond acceptors (Lipinski definition) is 5. The number of fused-ring (bicyclic) bond motifs is 1. The Labute approximate surface area is 178 Å². The molecule has 31 heavy (non-hydrogen) atoms. The quantitative estimate of drug-likeness (QED) is 0.680. The molecule has 1 amide bonds. The van der Waals surface area contributed by atoms with Crippen molar-refractivity contribution in [2.75, 3.05) is 44.7 Å². The van der Waals surface area contributed by atoms with Gasteiger partial charge in [0.25, 0.3) is 5.91 Å². The predicted molar refractivity (Wildman–Crippen MR) is 109 cm³/mol. The van der Waals surface area contributed by atoms with E-state index in [1.54, 1.807) is 24.3 Å². The minimum Gasteiger partial charge on any atom is -0.379 e. The molecular weight excluding hydrogens is 411 g/mol. The van der Waals surface area contributed by atoms with Gasteiger partial charge in [-0.15, -0.1) is 0 Å². The molecule has 1 saturated heterocycles. The van der Waals surface area contributed by atoms with Crippen LogP contribution in [0.1, 0.15) is 40.8 Å². The van der Waals surface area contributed by atoms with Crippen LogP contribution in [-0.2, 0) is 4.74 Å². The highest BCUT2D eigenvalue weighted by molar-refractivity contribution is 5.98. The molecule has 0 radical (unpaired) electrons. The summed E-state index contributed by atoms with van der Waals surface area (Å²) < 4.78 is 47.4. The predicted octanol–water partition coefficient (Wildman–Crippen LogP) is 3.00. The van der Waals surface area contributed by atoms with Gasteiger partial charge in [0, 0.05) is 26.1 Å².